The van der Waals surface area contributed by atoms with Gasteiger partial charge in [-0.05, 0) is 45.2 Å². The molecule has 0 radical (unpaired) electrons. The molecule has 20 heavy (non-hydrogen) atoms. The largest absolute Gasteiger partial charge is 0.335 e. The minimum absolute atomic E-state index is 0. The Morgan fingerprint density at radius 1 is 1.40 bits per heavy atom. The Kier molecular flexibility index (Phi) is 5.05. The van der Waals surface area contributed by atoms with Crippen molar-refractivity contribution in [2.75, 3.05) is 19.6 Å². The molecule has 0 aliphatic carbocycles. The van der Waals surface area contributed by atoms with Crippen LogP contribution in [0.15, 0.2) is 12.3 Å². The number of carbonyl (C=O) groups is 1. The zero-order valence-corrected chi connectivity index (χ0v) is 12.7. The number of likely N-dealkylation sites (tertiary alicyclic amines) is 1. The summed E-state index contributed by atoms with van der Waals surface area (Å²) in [4.78, 5) is 14.3. The number of rotatable bonds is 2. The van der Waals surface area contributed by atoms with Gasteiger partial charge in [-0.3, -0.25) is 9.48 Å². The van der Waals surface area contributed by atoms with Gasteiger partial charge in [-0.15, -0.1) is 12.4 Å². The zero-order valence-electron chi connectivity index (χ0n) is 11.9. The second-order valence-corrected chi connectivity index (χ2v) is 5.67. The van der Waals surface area contributed by atoms with Crippen LogP contribution in [0.25, 0.3) is 0 Å². The van der Waals surface area contributed by atoms with Crippen molar-refractivity contribution in [3.63, 3.8) is 0 Å². The monoisotopic (exact) mass is 298 g/mol. The maximum absolute atomic E-state index is 12.4. The van der Waals surface area contributed by atoms with Gasteiger partial charge in [-0.25, -0.2) is 0 Å². The summed E-state index contributed by atoms with van der Waals surface area (Å²) in [5, 5.41) is 7.88. The maximum atomic E-state index is 12.4. The molecule has 3 rings (SSSR count). The highest BCUT2D eigenvalue weighted by Gasteiger charge is 2.27. The van der Waals surface area contributed by atoms with E-state index in [2.05, 4.69) is 17.3 Å². The molecule has 1 N–H and O–H groups in total. The van der Waals surface area contributed by atoms with Gasteiger partial charge < -0.3 is 10.2 Å². The van der Waals surface area contributed by atoms with E-state index in [9.17, 15) is 4.79 Å². The van der Waals surface area contributed by atoms with E-state index >= 15 is 0 Å². The van der Waals surface area contributed by atoms with Crippen molar-refractivity contribution in [1.29, 1.82) is 0 Å². The fourth-order valence-corrected chi connectivity index (χ4v) is 3.10. The Morgan fingerprint density at radius 3 is 2.90 bits per heavy atom. The molecule has 0 saturated carbocycles. The van der Waals surface area contributed by atoms with Crippen LogP contribution in [0.1, 0.15) is 49.1 Å². The number of piperidine rings is 1. The molecule has 0 spiro atoms. The Bertz CT molecular complexity index is 456. The predicted octanol–water partition coefficient (Wildman–Crippen LogP) is 1.85. The van der Waals surface area contributed by atoms with Gasteiger partial charge in [0.05, 0.1) is 6.04 Å². The lowest BCUT2D eigenvalue weighted by molar-refractivity contribution is 0.0740. The molecule has 1 amide bonds. The fourth-order valence-electron chi connectivity index (χ4n) is 3.10. The van der Waals surface area contributed by atoms with Gasteiger partial charge in [0.15, 0.2) is 0 Å². The standard InChI is InChI=1S/C14H22N4O.ClH/c1-11-4-3-8-17(11)14(19)13-6-9-18(16-13)12-5-2-7-15-10-12;/h6,9,11-12,15H,2-5,7-8,10H2,1H3;1H. The van der Waals surface area contributed by atoms with Crippen LogP contribution in [-0.4, -0.2) is 46.3 Å². The van der Waals surface area contributed by atoms with Crippen molar-refractivity contribution in [2.45, 2.75) is 44.7 Å². The lowest BCUT2D eigenvalue weighted by Gasteiger charge is -2.23. The van der Waals surface area contributed by atoms with Crippen molar-refractivity contribution in [3.05, 3.63) is 18.0 Å². The Balaban J connectivity index is 0.00000147. The average molecular weight is 299 g/mol. The van der Waals surface area contributed by atoms with Crippen molar-refractivity contribution < 1.29 is 4.79 Å². The fraction of sp³-hybridized carbons (Fsp3) is 0.714. The molecule has 0 aromatic carbocycles. The number of amides is 1. The van der Waals surface area contributed by atoms with E-state index in [1.54, 1.807) is 0 Å². The number of aromatic nitrogens is 2. The van der Waals surface area contributed by atoms with Crippen LogP contribution in [0.4, 0.5) is 0 Å². The summed E-state index contributed by atoms with van der Waals surface area (Å²) in [6, 6.07) is 2.61. The van der Waals surface area contributed by atoms with Crippen LogP contribution < -0.4 is 5.32 Å². The Morgan fingerprint density at radius 2 is 2.25 bits per heavy atom. The first-order chi connectivity index (χ1) is 9.25. The van der Waals surface area contributed by atoms with E-state index in [4.69, 9.17) is 0 Å². The Hall–Kier alpha value is -1.07. The first-order valence-electron chi connectivity index (χ1n) is 7.32. The first kappa shape index (κ1) is 15.3. The van der Waals surface area contributed by atoms with Crippen LogP contribution in [0.3, 0.4) is 0 Å². The predicted molar refractivity (Wildman–Crippen MR) is 80.3 cm³/mol. The van der Waals surface area contributed by atoms with E-state index < -0.39 is 0 Å². The normalized spacial score (nSPS) is 26.4. The lowest BCUT2D eigenvalue weighted by atomic mass is 10.1. The molecule has 1 aromatic rings. The lowest BCUT2D eigenvalue weighted by Crippen LogP contribution is -2.34. The van der Waals surface area contributed by atoms with Crippen LogP contribution in [0.5, 0.6) is 0 Å². The molecule has 3 heterocycles. The third-order valence-electron chi connectivity index (χ3n) is 4.29. The summed E-state index contributed by atoms with van der Waals surface area (Å²) < 4.78 is 1.96. The summed E-state index contributed by atoms with van der Waals surface area (Å²) in [5.41, 5.74) is 0.597. The molecular weight excluding hydrogens is 276 g/mol. The smallest absolute Gasteiger partial charge is 0.274 e. The van der Waals surface area contributed by atoms with Crippen LogP contribution >= 0.6 is 12.4 Å². The van der Waals surface area contributed by atoms with Gasteiger partial charge in [0, 0.05) is 25.3 Å². The highest BCUT2D eigenvalue weighted by atomic mass is 35.5. The second-order valence-electron chi connectivity index (χ2n) is 5.67. The molecule has 2 atom stereocenters. The highest BCUT2D eigenvalue weighted by molar-refractivity contribution is 5.92. The van der Waals surface area contributed by atoms with Crippen LogP contribution in [0, 0.1) is 0 Å². The number of halogens is 1. The SMILES string of the molecule is CC1CCCN1C(=O)c1ccn(C2CCCNC2)n1.Cl. The van der Waals surface area contributed by atoms with Crippen LogP contribution in [-0.2, 0) is 0 Å². The van der Waals surface area contributed by atoms with Crippen molar-refractivity contribution >= 4 is 18.3 Å². The molecule has 2 fully saturated rings. The van der Waals surface area contributed by atoms with Gasteiger partial charge in [-0.1, -0.05) is 0 Å². The van der Waals surface area contributed by atoms with Crippen molar-refractivity contribution in [1.82, 2.24) is 20.0 Å². The summed E-state index contributed by atoms with van der Waals surface area (Å²) in [6.45, 7) is 5.04. The molecule has 112 valence electrons. The van der Waals surface area contributed by atoms with Gasteiger partial charge in [0.25, 0.3) is 5.91 Å². The minimum atomic E-state index is 0. The molecule has 6 heteroatoms. The third-order valence-corrected chi connectivity index (χ3v) is 4.29. The number of hydrogen-bond donors (Lipinski definition) is 1. The van der Waals surface area contributed by atoms with Crippen molar-refractivity contribution in [2.24, 2.45) is 0 Å². The summed E-state index contributed by atoms with van der Waals surface area (Å²) in [5.74, 6) is 0.0903. The summed E-state index contributed by atoms with van der Waals surface area (Å²) in [6.07, 6.45) is 6.49. The first-order valence-corrected chi connectivity index (χ1v) is 7.32. The van der Waals surface area contributed by atoms with E-state index in [0.29, 0.717) is 17.8 Å². The molecular formula is C14H23ClN4O. The summed E-state index contributed by atoms with van der Waals surface area (Å²) in [7, 11) is 0. The zero-order chi connectivity index (χ0) is 13.2. The van der Waals surface area contributed by atoms with Crippen molar-refractivity contribution in [3.8, 4) is 0 Å². The van der Waals surface area contributed by atoms with Gasteiger partial charge in [-0.2, -0.15) is 5.10 Å². The average Bonchev–Trinajstić information content (AvgIpc) is 3.08. The second kappa shape index (κ2) is 6.59. The van der Waals surface area contributed by atoms with E-state index in [0.717, 1.165) is 38.9 Å². The van der Waals surface area contributed by atoms with Gasteiger partial charge in [0.2, 0.25) is 0 Å². The molecule has 2 aliphatic rings. The number of hydrogen-bond acceptors (Lipinski definition) is 3. The Labute approximate surface area is 126 Å². The molecule has 0 bridgehead atoms. The van der Waals surface area contributed by atoms with Gasteiger partial charge >= 0.3 is 0 Å². The van der Waals surface area contributed by atoms with Gasteiger partial charge in [0.1, 0.15) is 5.69 Å². The molecule has 2 saturated heterocycles. The van der Waals surface area contributed by atoms with E-state index in [1.807, 2.05) is 21.8 Å². The maximum Gasteiger partial charge on any atom is 0.274 e. The topological polar surface area (TPSA) is 50.2 Å². The van der Waals surface area contributed by atoms with Crippen LogP contribution in [0.2, 0.25) is 0 Å². The van der Waals surface area contributed by atoms with E-state index in [1.165, 1.54) is 6.42 Å². The third kappa shape index (κ3) is 2.99. The molecule has 1 aromatic heterocycles. The molecule has 2 aliphatic heterocycles. The number of nitrogens with zero attached hydrogens (tertiary/aromatic N) is 3. The van der Waals surface area contributed by atoms with E-state index in [-0.39, 0.29) is 18.3 Å². The molecule has 5 nitrogen and oxygen atoms in total. The highest BCUT2D eigenvalue weighted by Crippen LogP contribution is 2.20. The summed E-state index contributed by atoms with van der Waals surface area (Å²) >= 11 is 0. The number of carbonyl (C=O) groups excluding carboxylic acids is 1. The quantitative estimate of drug-likeness (QED) is 0.906. The minimum Gasteiger partial charge on any atom is -0.335 e. The number of nitrogens with one attached hydrogen (secondary N) is 1. The molecule has 2 unspecified atom stereocenters.